The van der Waals surface area contributed by atoms with E-state index in [4.69, 9.17) is 0 Å². The average Bonchev–Trinajstić information content (AvgIpc) is 3.43. The summed E-state index contributed by atoms with van der Waals surface area (Å²) in [4.78, 5) is 16.5. The van der Waals surface area contributed by atoms with Gasteiger partial charge in [-0.05, 0) is 42.3 Å². The molecule has 4 rings (SSSR count). The van der Waals surface area contributed by atoms with Gasteiger partial charge in [0, 0.05) is 24.2 Å². The molecule has 1 amide bonds. The highest BCUT2D eigenvalue weighted by Gasteiger charge is 2.12. The quantitative estimate of drug-likeness (QED) is 0.506. The van der Waals surface area contributed by atoms with E-state index in [9.17, 15) is 4.79 Å². The van der Waals surface area contributed by atoms with Gasteiger partial charge < -0.3 is 9.88 Å². The van der Waals surface area contributed by atoms with Crippen molar-refractivity contribution in [1.82, 2.24) is 19.3 Å². The number of aromatic nitrogens is 4. The molecule has 6 heteroatoms. The molecule has 2 heterocycles. The first-order chi connectivity index (χ1) is 14.2. The maximum absolute atomic E-state index is 12.4. The van der Waals surface area contributed by atoms with E-state index in [2.05, 4.69) is 15.4 Å². The highest BCUT2D eigenvalue weighted by Crippen LogP contribution is 2.20. The van der Waals surface area contributed by atoms with Crippen LogP contribution in [0.4, 0.5) is 5.69 Å². The Hall–Kier alpha value is -3.93. The van der Waals surface area contributed by atoms with Crippen LogP contribution in [-0.2, 0) is 11.2 Å². The summed E-state index contributed by atoms with van der Waals surface area (Å²) < 4.78 is 3.78. The number of amides is 1. The lowest BCUT2D eigenvalue weighted by atomic mass is 10.2. The van der Waals surface area contributed by atoms with E-state index in [0.29, 0.717) is 0 Å². The molecular formula is C23H21N5O. The topological polar surface area (TPSA) is 64.7 Å². The zero-order valence-corrected chi connectivity index (χ0v) is 16.1. The normalized spacial score (nSPS) is 11.1. The molecular weight excluding hydrogens is 362 g/mol. The summed E-state index contributed by atoms with van der Waals surface area (Å²) in [5, 5.41) is 7.37. The molecule has 0 bridgehead atoms. The fourth-order valence-corrected chi connectivity index (χ4v) is 3.13. The van der Waals surface area contributed by atoms with Gasteiger partial charge in [-0.15, -0.1) is 0 Å². The van der Waals surface area contributed by atoms with Crippen LogP contribution in [0.1, 0.15) is 18.2 Å². The lowest BCUT2D eigenvalue weighted by Gasteiger charge is -2.08. The highest BCUT2D eigenvalue weighted by atomic mass is 16.1. The Morgan fingerprint density at radius 3 is 2.55 bits per heavy atom. The number of anilines is 1. The number of nitrogens with one attached hydrogen (secondary N) is 1. The van der Waals surface area contributed by atoms with Gasteiger partial charge in [-0.25, -0.2) is 9.67 Å². The van der Waals surface area contributed by atoms with Crippen LogP contribution in [0.3, 0.4) is 0 Å². The molecule has 29 heavy (non-hydrogen) atoms. The van der Waals surface area contributed by atoms with E-state index in [1.54, 1.807) is 24.8 Å². The van der Waals surface area contributed by atoms with Crippen LogP contribution >= 0.6 is 0 Å². The van der Waals surface area contributed by atoms with Gasteiger partial charge in [0.05, 0.1) is 29.6 Å². The van der Waals surface area contributed by atoms with Crippen LogP contribution in [0.2, 0.25) is 0 Å². The molecule has 0 aliphatic rings. The first-order valence-corrected chi connectivity index (χ1v) is 9.44. The molecule has 0 aliphatic carbocycles. The monoisotopic (exact) mass is 383 g/mol. The molecule has 0 atom stereocenters. The van der Waals surface area contributed by atoms with Gasteiger partial charge in [-0.3, -0.25) is 4.79 Å². The minimum Gasteiger partial charge on any atom is -0.320 e. The third-order valence-corrected chi connectivity index (χ3v) is 4.59. The number of carbonyl (C=O) groups is 1. The van der Waals surface area contributed by atoms with Crippen LogP contribution in [0.25, 0.3) is 17.5 Å². The van der Waals surface area contributed by atoms with Gasteiger partial charge in [0.1, 0.15) is 0 Å². The second-order valence-electron chi connectivity index (χ2n) is 6.49. The summed E-state index contributed by atoms with van der Waals surface area (Å²) in [6, 6.07) is 17.8. The number of rotatable bonds is 6. The van der Waals surface area contributed by atoms with Crippen molar-refractivity contribution in [2.75, 3.05) is 5.32 Å². The molecule has 6 nitrogen and oxygen atoms in total. The number of nitrogens with zero attached hydrogens (tertiary/aromatic N) is 4. The van der Waals surface area contributed by atoms with E-state index >= 15 is 0 Å². The summed E-state index contributed by atoms with van der Waals surface area (Å²) in [6.45, 7) is 2.05. The number of hydrogen-bond donors (Lipinski definition) is 1. The molecule has 0 spiro atoms. The van der Waals surface area contributed by atoms with Crippen molar-refractivity contribution in [3.63, 3.8) is 0 Å². The average molecular weight is 383 g/mol. The van der Waals surface area contributed by atoms with Gasteiger partial charge in [0.15, 0.2) is 0 Å². The summed E-state index contributed by atoms with van der Waals surface area (Å²) in [6.07, 6.45) is 11.1. The van der Waals surface area contributed by atoms with Crippen LogP contribution < -0.4 is 5.32 Å². The Labute approximate surface area is 169 Å². The van der Waals surface area contributed by atoms with Crippen LogP contribution in [0, 0.1) is 0 Å². The Bertz CT molecular complexity index is 1110. The molecule has 0 aliphatic heterocycles. The first-order valence-electron chi connectivity index (χ1n) is 9.44. The number of benzene rings is 2. The van der Waals surface area contributed by atoms with Crippen LogP contribution in [0.5, 0.6) is 0 Å². The van der Waals surface area contributed by atoms with E-state index in [1.165, 1.54) is 6.08 Å². The van der Waals surface area contributed by atoms with Crippen molar-refractivity contribution in [3.8, 4) is 11.4 Å². The SMILES string of the molecule is CCc1c(NC(=O)/C=C/c2ccc(-n3ccnc3)cc2)cnn1-c1ccccc1. The van der Waals surface area contributed by atoms with Gasteiger partial charge in [0.25, 0.3) is 0 Å². The standard InChI is InChI=1S/C23H21N5O/c1-2-22-21(16-25-28(22)20-6-4-3-5-7-20)26-23(29)13-10-18-8-11-19(12-9-18)27-15-14-24-17-27/h3-17H,2H2,1H3,(H,26,29)/b13-10+. The maximum atomic E-state index is 12.4. The molecule has 144 valence electrons. The second-order valence-corrected chi connectivity index (χ2v) is 6.49. The summed E-state index contributed by atoms with van der Waals surface area (Å²) in [7, 11) is 0. The number of hydrogen-bond acceptors (Lipinski definition) is 3. The predicted octanol–water partition coefficient (Wildman–Crippen LogP) is 4.27. The van der Waals surface area contributed by atoms with Crippen LogP contribution in [0.15, 0.2) is 85.6 Å². The number of carbonyl (C=O) groups excluding carboxylic acids is 1. The van der Waals surface area contributed by atoms with Crippen molar-refractivity contribution in [2.24, 2.45) is 0 Å². The van der Waals surface area contributed by atoms with Crippen LogP contribution in [-0.4, -0.2) is 25.2 Å². The molecule has 0 saturated carbocycles. The van der Waals surface area contributed by atoms with E-state index in [-0.39, 0.29) is 5.91 Å². The van der Waals surface area contributed by atoms with E-state index in [1.807, 2.05) is 77.0 Å². The van der Waals surface area contributed by atoms with E-state index in [0.717, 1.165) is 34.7 Å². The fraction of sp³-hybridized carbons (Fsp3) is 0.0870. The summed E-state index contributed by atoms with van der Waals surface area (Å²) in [5.74, 6) is -0.189. The zero-order chi connectivity index (χ0) is 20.1. The Morgan fingerprint density at radius 1 is 1.07 bits per heavy atom. The predicted molar refractivity (Wildman–Crippen MR) is 114 cm³/mol. The maximum Gasteiger partial charge on any atom is 0.248 e. The molecule has 2 aromatic carbocycles. The fourth-order valence-electron chi connectivity index (χ4n) is 3.13. The molecule has 2 aromatic heterocycles. The summed E-state index contributed by atoms with van der Waals surface area (Å²) >= 11 is 0. The minimum atomic E-state index is -0.189. The number of para-hydroxylation sites is 1. The van der Waals surface area contributed by atoms with Gasteiger partial charge in [-0.2, -0.15) is 5.10 Å². The molecule has 1 N–H and O–H groups in total. The second kappa shape index (κ2) is 8.39. The molecule has 0 fully saturated rings. The lowest BCUT2D eigenvalue weighted by Crippen LogP contribution is -2.10. The molecule has 0 saturated heterocycles. The molecule has 4 aromatic rings. The van der Waals surface area contributed by atoms with Gasteiger partial charge in [0.2, 0.25) is 5.91 Å². The van der Waals surface area contributed by atoms with Crippen molar-refractivity contribution in [1.29, 1.82) is 0 Å². The first kappa shape index (κ1) is 18.4. The number of imidazole rings is 1. The Morgan fingerprint density at radius 2 is 1.86 bits per heavy atom. The minimum absolute atomic E-state index is 0.189. The Balaban J connectivity index is 1.45. The lowest BCUT2D eigenvalue weighted by molar-refractivity contribution is -0.111. The smallest absolute Gasteiger partial charge is 0.248 e. The van der Waals surface area contributed by atoms with E-state index < -0.39 is 0 Å². The molecule has 0 unspecified atom stereocenters. The Kier molecular flexibility index (Phi) is 5.33. The summed E-state index contributed by atoms with van der Waals surface area (Å²) in [5.41, 5.74) is 4.62. The van der Waals surface area contributed by atoms with Gasteiger partial charge >= 0.3 is 0 Å². The van der Waals surface area contributed by atoms with Gasteiger partial charge in [-0.1, -0.05) is 37.3 Å². The zero-order valence-electron chi connectivity index (χ0n) is 16.1. The van der Waals surface area contributed by atoms with Crippen molar-refractivity contribution in [3.05, 3.63) is 96.8 Å². The van der Waals surface area contributed by atoms with Crippen molar-refractivity contribution in [2.45, 2.75) is 13.3 Å². The third-order valence-electron chi connectivity index (χ3n) is 4.59. The highest BCUT2D eigenvalue weighted by molar-refractivity contribution is 6.02. The largest absolute Gasteiger partial charge is 0.320 e. The van der Waals surface area contributed by atoms with Crippen molar-refractivity contribution < 1.29 is 4.79 Å². The third kappa shape index (κ3) is 4.16. The van der Waals surface area contributed by atoms with Crippen molar-refractivity contribution >= 4 is 17.7 Å². The molecule has 0 radical (unpaired) electrons.